The van der Waals surface area contributed by atoms with Gasteiger partial charge in [0.15, 0.2) is 5.82 Å². The van der Waals surface area contributed by atoms with Crippen LogP contribution in [0.5, 0.6) is 6.01 Å². The van der Waals surface area contributed by atoms with Gasteiger partial charge in [-0.1, -0.05) is 24.3 Å². The van der Waals surface area contributed by atoms with E-state index >= 15 is 0 Å². The first kappa shape index (κ1) is 25.3. The second-order valence-electron chi connectivity index (χ2n) is 8.00. The predicted molar refractivity (Wildman–Crippen MR) is 140 cm³/mol. The third-order valence-electron chi connectivity index (χ3n) is 5.40. The maximum atomic E-state index is 12.4. The minimum Gasteiger partial charge on any atom is -0.460 e. The van der Waals surface area contributed by atoms with Crippen molar-refractivity contribution in [2.45, 2.75) is 6.92 Å². The van der Waals surface area contributed by atoms with Crippen molar-refractivity contribution in [2.24, 2.45) is 0 Å². The quantitative estimate of drug-likeness (QED) is 0.144. The Balaban J connectivity index is 1.50. The van der Waals surface area contributed by atoms with Crippen molar-refractivity contribution in [3.63, 3.8) is 0 Å². The number of hydrogen-bond acceptors (Lipinski definition) is 7. The van der Waals surface area contributed by atoms with Gasteiger partial charge in [-0.3, -0.25) is 14.9 Å². The molecule has 10 heteroatoms. The molecule has 3 aromatic carbocycles. The van der Waals surface area contributed by atoms with Gasteiger partial charge in [0, 0.05) is 36.6 Å². The van der Waals surface area contributed by atoms with E-state index < -0.39 is 4.92 Å². The minimum atomic E-state index is -0.470. The fourth-order valence-corrected chi connectivity index (χ4v) is 3.50. The van der Waals surface area contributed by atoms with Gasteiger partial charge in [-0.2, -0.15) is 4.98 Å². The van der Waals surface area contributed by atoms with Crippen molar-refractivity contribution in [1.29, 1.82) is 0 Å². The normalized spacial score (nSPS) is 11.0. The molecule has 1 N–H and O–H groups in total. The molecule has 0 radical (unpaired) electrons. The van der Waals surface area contributed by atoms with Crippen LogP contribution in [-0.2, 0) is 9.53 Å². The molecule has 0 aliphatic heterocycles. The Hall–Kier alpha value is -4.83. The number of nitrogens with one attached hydrogen (secondary N) is 1. The summed E-state index contributed by atoms with van der Waals surface area (Å²) in [5.74, 6) is 0.301. The van der Waals surface area contributed by atoms with Crippen LogP contribution >= 0.6 is 0 Å². The van der Waals surface area contributed by atoms with Crippen LogP contribution < -0.4 is 10.1 Å². The summed E-state index contributed by atoms with van der Waals surface area (Å²) in [7, 11) is 1.60. The molecule has 1 aromatic heterocycles. The van der Waals surface area contributed by atoms with Gasteiger partial charge in [-0.05, 0) is 60.5 Å². The first-order valence-electron chi connectivity index (χ1n) is 11.4. The molecular weight excluding hydrogens is 474 g/mol. The maximum Gasteiger partial charge on any atom is 0.336 e. The van der Waals surface area contributed by atoms with Crippen molar-refractivity contribution < 1.29 is 19.2 Å². The smallest absolute Gasteiger partial charge is 0.336 e. The number of non-ortho nitro benzene ring substituents is 1. The molecule has 37 heavy (non-hydrogen) atoms. The summed E-state index contributed by atoms with van der Waals surface area (Å²) in [6.45, 7) is 2.75. The molecule has 0 bridgehead atoms. The number of hydrogen-bond donors (Lipinski definition) is 1. The van der Waals surface area contributed by atoms with Gasteiger partial charge in [0.2, 0.25) is 5.91 Å². The van der Waals surface area contributed by atoms with Gasteiger partial charge >= 0.3 is 6.01 Å². The van der Waals surface area contributed by atoms with E-state index in [1.54, 1.807) is 42.1 Å². The monoisotopic (exact) mass is 499 g/mol. The van der Waals surface area contributed by atoms with Crippen molar-refractivity contribution in [2.75, 3.05) is 25.6 Å². The van der Waals surface area contributed by atoms with Crippen LogP contribution in [0.1, 0.15) is 11.1 Å². The molecule has 0 aliphatic rings. The first-order valence-corrected chi connectivity index (χ1v) is 11.4. The number of amides is 1. The molecule has 4 aromatic rings. The van der Waals surface area contributed by atoms with E-state index in [-0.39, 0.29) is 17.6 Å². The Labute approximate surface area is 213 Å². The summed E-state index contributed by atoms with van der Waals surface area (Å²) in [5.41, 5.74) is 3.97. The van der Waals surface area contributed by atoms with Gasteiger partial charge in [0.05, 0.1) is 17.2 Å². The van der Waals surface area contributed by atoms with Crippen LogP contribution in [0.2, 0.25) is 0 Å². The SMILES string of the molecule is COCCOc1nc(-c2ccccc2C)n(-c2ccc(NC(=O)/C=C/c3ccc([N+](=O)[O-])cc3)cc2)n1. The number of benzene rings is 3. The summed E-state index contributed by atoms with van der Waals surface area (Å²) in [5, 5.41) is 18.1. The average Bonchev–Trinajstić information content (AvgIpc) is 3.32. The van der Waals surface area contributed by atoms with Gasteiger partial charge in [-0.15, -0.1) is 5.10 Å². The second-order valence-corrected chi connectivity index (χ2v) is 8.00. The minimum absolute atomic E-state index is 0.00619. The van der Waals surface area contributed by atoms with E-state index in [0.717, 1.165) is 16.8 Å². The topological polar surface area (TPSA) is 121 Å². The third-order valence-corrected chi connectivity index (χ3v) is 5.40. The van der Waals surface area contributed by atoms with E-state index in [2.05, 4.69) is 15.4 Å². The number of methoxy groups -OCH3 is 1. The molecule has 4 rings (SSSR count). The van der Waals surface area contributed by atoms with Crippen LogP contribution in [0, 0.1) is 17.0 Å². The molecule has 0 fully saturated rings. The van der Waals surface area contributed by atoms with Crippen molar-refractivity contribution in [3.05, 3.63) is 100 Å². The zero-order valence-electron chi connectivity index (χ0n) is 20.3. The Kier molecular flexibility index (Phi) is 8.01. The number of carbonyl (C=O) groups excluding carboxylic acids is 1. The lowest BCUT2D eigenvalue weighted by Crippen LogP contribution is -2.08. The van der Waals surface area contributed by atoms with E-state index in [4.69, 9.17) is 9.47 Å². The van der Waals surface area contributed by atoms with Gasteiger partial charge in [0.1, 0.15) is 6.61 Å². The summed E-state index contributed by atoms with van der Waals surface area (Å²) in [6, 6.07) is 21.2. The van der Waals surface area contributed by atoms with Crippen molar-refractivity contribution in [1.82, 2.24) is 14.8 Å². The molecular formula is C27H25N5O5. The van der Waals surface area contributed by atoms with Crippen LogP contribution in [0.25, 0.3) is 23.2 Å². The lowest BCUT2D eigenvalue weighted by Gasteiger charge is -2.09. The summed E-state index contributed by atoms with van der Waals surface area (Å²) in [4.78, 5) is 27.2. The molecule has 0 unspecified atom stereocenters. The predicted octanol–water partition coefficient (Wildman–Crippen LogP) is 4.83. The third kappa shape index (κ3) is 6.44. The molecule has 0 atom stereocenters. The van der Waals surface area contributed by atoms with Gasteiger partial charge in [0.25, 0.3) is 5.69 Å². The molecule has 0 aliphatic carbocycles. The molecule has 188 valence electrons. The van der Waals surface area contributed by atoms with Gasteiger partial charge < -0.3 is 14.8 Å². The van der Waals surface area contributed by atoms with E-state index in [9.17, 15) is 14.9 Å². The second kappa shape index (κ2) is 11.7. The Morgan fingerprint density at radius 1 is 1.05 bits per heavy atom. The highest BCUT2D eigenvalue weighted by molar-refractivity contribution is 6.02. The Bertz CT molecular complexity index is 1410. The van der Waals surface area contributed by atoms with Crippen LogP contribution in [0.4, 0.5) is 11.4 Å². The standard InChI is InChI=1S/C27H25N5O5/c1-19-5-3-4-6-24(19)26-29-27(37-18-17-36-2)30-31(26)22-14-10-21(11-15-22)28-25(33)16-9-20-7-12-23(13-8-20)32(34)35/h3-16H,17-18H2,1-2H3,(H,28,33)/b16-9+. The number of nitro groups is 1. The number of rotatable bonds is 10. The van der Waals surface area contributed by atoms with Crippen LogP contribution in [0.3, 0.4) is 0 Å². The number of nitrogens with zero attached hydrogens (tertiary/aromatic N) is 4. The largest absolute Gasteiger partial charge is 0.460 e. The highest BCUT2D eigenvalue weighted by Crippen LogP contribution is 2.27. The van der Waals surface area contributed by atoms with E-state index in [1.807, 2.05) is 43.3 Å². The Morgan fingerprint density at radius 2 is 1.78 bits per heavy atom. The first-order chi connectivity index (χ1) is 17.9. The van der Waals surface area contributed by atoms with Crippen molar-refractivity contribution >= 4 is 23.4 Å². The number of aromatic nitrogens is 3. The molecule has 1 amide bonds. The average molecular weight is 500 g/mol. The maximum absolute atomic E-state index is 12.4. The van der Waals surface area contributed by atoms with E-state index in [1.165, 1.54) is 18.2 Å². The summed E-state index contributed by atoms with van der Waals surface area (Å²) < 4.78 is 12.4. The summed E-state index contributed by atoms with van der Waals surface area (Å²) in [6.07, 6.45) is 2.95. The fraction of sp³-hybridized carbons (Fsp3) is 0.148. The van der Waals surface area contributed by atoms with Gasteiger partial charge in [-0.25, -0.2) is 4.68 Å². The zero-order valence-corrected chi connectivity index (χ0v) is 20.3. The summed E-state index contributed by atoms with van der Waals surface area (Å²) >= 11 is 0. The lowest BCUT2D eigenvalue weighted by molar-refractivity contribution is -0.384. The molecule has 0 saturated heterocycles. The molecule has 1 heterocycles. The number of anilines is 1. The molecule has 10 nitrogen and oxygen atoms in total. The highest BCUT2D eigenvalue weighted by atomic mass is 16.6. The molecule has 0 saturated carbocycles. The van der Waals surface area contributed by atoms with E-state index in [0.29, 0.717) is 30.3 Å². The zero-order chi connectivity index (χ0) is 26.2. The van der Waals surface area contributed by atoms with Crippen LogP contribution in [0.15, 0.2) is 78.9 Å². The molecule has 0 spiro atoms. The lowest BCUT2D eigenvalue weighted by atomic mass is 10.1. The Morgan fingerprint density at radius 3 is 2.46 bits per heavy atom. The number of nitro benzene ring substituents is 1. The number of aryl methyl sites for hydroxylation is 1. The fourth-order valence-electron chi connectivity index (χ4n) is 3.50. The number of carbonyl (C=O) groups is 1. The van der Waals surface area contributed by atoms with Crippen LogP contribution in [-0.4, -0.2) is 45.9 Å². The highest BCUT2D eigenvalue weighted by Gasteiger charge is 2.16. The van der Waals surface area contributed by atoms with Crippen molar-refractivity contribution in [3.8, 4) is 23.1 Å². The number of ether oxygens (including phenoxy) is 2.